The predicted octanol–water partition coefficient (Wildman–Crippen LogP) is 0.113. The van der Waals surface area contributed by atoms with Crippen LogP contribution in [0.4, 0.5) is 5.69 Å². The Morgan fingerprint density at radius 1 is 1.52 bits per heavy atom. The highest BCUT2D eigenvalue weighted by atomic mass is 16.5. The summed E-state index contributed by atoms with van der Waals surface area (Å²) < 4.78 is 10.4. The average molecular weight is 293 g/mol. The first-order valence-electron chi connectivity index (χ1n) is 7.15. The molecule has 6 nitrogen and oxygen atoms in total. The van der Waals surface area contributed by atoms with Crippen LogP contribution in [-0.2, 0) is 20.8 Å². The van der Waals surface area contributed by atoms with Gasteiger partial charge in [0.25, 0.3) is 0 Å². The first kappa shape index (κ1) is 15.8. The zero-order valence-electron chi connectivity index (χ0n) is 12.4. The summed E-state index contributed by atoms with van der Waals surface area (Å²) in [5, 5.41) is 3.33. The van der Waals surface area contributed by atoms with Crippen LogP contribution >= 0.6 is 0 Å². The number of benzene rings is 1. The molecule has 1 aromatic carbocycles. The van der Waals surface area contributed by atoms with Crippen LogP contribution in [-0.4, -0.2) is 52.0 Å². The summed E-state index contributed by atoms with van der Waals surface area (Å²) in [5.41, 5.74) is 7.67. The second-order valence-electron chi connectivity index (χ2n) is 4.98. The third-order valence-corrected chi connectivity index (χ3v) is 3.56. The van der Waals surface area contributed by atoms with Crippen LogP contribution in [0.1, 0.15) is 5.56 Å². The average Bonchev–Trinajstić information content (AvgIpc) is 2.52. The normalized spacial score (nSPS) is 18.7. The molecule has 1 heterocycles. The summed E-state index contributed by atoms with van der Waals surface area (Å²) in [5.74, 6) is -0.350. The number of primary amides is 1. The van der Waals surface area contributed by atoms with Crippen LogP contribution in [0.5, 0.6) is 0 Å². The van der Waals surface area contributed by atoms with E-state index in [9.17, 15) is 4.79 Å². The van der Waals surface area contributed by atoms with Gasteiger partial charge in [0.15, 0.2) is 0 Å². The molecule has 0 radical (unpaired) electrons. The van der Waals surface area contributed by atoms with Gasteiger partial charge in [0.1, 0.15) is 6.04 Å². The predicted molar refractivity (Wildman–Crippen MR) is 81.2 cm³/mol. The monoisotopic (exact) mass is 293 g/mol. The smallest absolute Gasteiger partial charge is 0.242 e. The van der Waals surface area contributed by atoms with Gasteiger partial charge in [-0.3, -0.25) is 4.79 Å². The van der Waals surface area contributed by atoms with Crippen LogP contribution < -0.4 is 16.0 Å². The first-order chi connectivity index (χ1) is 10.2. The lowest BCUT2D eigenvalue weighted by Crippen LogP contribution is -2.53. The molecule has 1 aromatic rings. The number of nitrogens with zero attached hydrogens (tertiary/aromatic N) is 1. The molecule has 1 aliphatic rings. The van der Waals surface area contributed by atoms with Gasteiger partial charge in [-0.05, 0) is 11.6 Å². The van der Waals surface area contributed by atoms with E-state index in [4.69, 9.17) is 15.2 Å². The lowest BCUT2D eigenvalue weighted by atomic mass is 10.1. The molecule has 3 N–H and O–H groups in total. The third-order valence-electron chi connectivity index (χ3n) is 3.56. The van der Waals surface area contributed by atoms with Gasteiger partial charge in [0.2, 0.25) is 5.91 Å². The number of hydrogen-bond donors (Lipinski definition) is 2. The Labute approximate surface area is 125 Å². The quantitative estimate of drug-likeness (QED) is 0.698. The number of nitrogens with one attached hydrogen (secondary N) is 1. The summed E-state index contributed by atoms with van der Waals surface area (Å²) >= 11 is 0. The van der Waals surface area contributed by atoms with E-state index in [2.05, 4.69) is 11.4 Å². The summed E-state index contributed by atoms with van der Waals surface area (Å²) in [7, 11) is 1.68. The fourth-order valence-corrected chi connectivity index (χ4v) is 2.47. The van der Waals surface area contributed by atoms with Crippen LogP contribution in [0.15, 0.2) is 24.3 Å². The first-order valence-corrected chi connectivity index (χ1v) is 7.15. The van der Waals surface area contributed by atoms with Crippen LogP contribution in [0, 0.1) is 0 Å². The van der Waals surface area contributed by atoms with Crippen molar-refractivity contribution in [2.24, 2.45) is 5.73 Å². The second kappa shape index (κ2) is 7.97. The summed E-state index contributed by atoms with van der Waals surface area (Å²) in [6, 6.07) is 7.65. The number of nitrogens with two attached hydrogens (primary N) is 1. The van der Waals surface area contributed by atoms with Crippen molar-refractivity contribution >= 4 is 11.6 Å². The molecule has 1 aliphatic heterocycles. The van der Waals surface area contributed by atoms with E-state index >= 15 is 0 Å². The molecular weight excluding hydrogens is 270 g/mol. The number of carbonyl (C=O) groups excluding carboxylic acids is 1. The van der Waals surface area contributed by atoms with Crippen molar-refractivity contribution in [3.63, 3.8) is 0 Å². The fourth-order valence-electron chi connectivity index (χ4n) is 2.47. The number of ether oxygens (including phenoxy) is 2. The lowest BCUT2D eigenvalue weighted by Gasteiger charge is -2.36. The molecule has 0 spiro atoms. The van der Waals surface area contributed by atoms with E-state index in [1.54, 1.807) is 7.11 Å². The molecule has 0 bridgehead atoms. The lowest BCUT2D eigenvalue weighted by molar-refractivity contribution is -0.121. The molecule has 1 fully saturated rings. The van der Waals surface area contributed by atoms with Crippen LogP contribution in [0.3, 0.4) is 0 Å². The van der Waals surface area contributed by atoms with Gasteiger partial charge in [0, 0.05) is 32.4 Å². The SMILES string of the molecule is COCCNCc1ccccc1N1CCOCC1C(N)=O. The van der Waals surface area contributed by atoms with Gasteiger partial charge in [0.05, 0.1) is 19.8 Å². The summed E-state index contributed by atoms with van der Waals surface area (Å²) in [6.07, 6.45) is 0. The molecule has 116 valence electrons. The number of hydrogen-bond acceptors (Lipinski definition) is 5. The van der Waals surface area contributed by atoms with Gasteiger partial charge in [-0.2, -0.15) is 0 Å². The highest BCUT2D eigenvalue weighted by Gasteiger charge is 2.28. The van der Waals surface area contributed by atoms with Crippen LogP contribution in [0.25, 0.3) is 0 Å². The molecule has 21 heavy (non-hydrogen) atoms. The topological polar surface area (TPSA) is 76.8 Å². The Morgan fingerprint density at radius 3 is 3.10 bits per heavy atom. The molecule has 2 rings (SSSR count). The zero-order valence-corrected chi connectivity index (χ0v) is 12.4. The van der Waals surface area contributed by atoms with Crippen molar-refractivity contribution in [2.45, 2.75) is 12.6 Å². The zero-order chi connectivity index (χ0) is 15.1. The van der Waals surface area contributed by atoms with Crippen molar-refractivity contribution in [1.82, 2.24) is 5.32 Å². The minimum absolute atomic E-state index is 0.348. The van der Waals surface area contributed by atoms with Gasteiger partial charge < -0.3 is 25.4 Å². The summed E-state index contributed by atoms with van der Waals surface area (Å²) in [4.78, 5) is 13.7. The Hall–Kier alpha value is -1.63. The van der Waals surface area contributed by atoms with Gasteiger partial charge >= 0.3 is 0 Å². The molecule has 6 heteroatoms. The number of amides is 1. The molecule has 1 saturated heterocycles. The van der Waals surface area contributed by atoms with Crippen molar-refractivity contribution in [3.05, 3.63) is 29.8 Å². The highest BCUT2D eigenvalue weighted by molar-refractivity contribution is 5.84. The maximum Gasteiger partial charge on any atom is 0.242 e. The molecular formula is C15H23N3O3. The second-order valence-corrected chi connectivity index (χ2v) is 4.98. The number of morpholine rings is 1. The molecule has 0 aliphatic carbocycles. The number of anilines is 1. The van der Waals surface area contributed by atoms with E-state index in [0.717, 1.165) is 24.3 Å². The molecule has 0 saturated carbocycles. The number of carbonyl (C=O) groups is 1. The van der Waals surface area contributed by atoms with E-state index < -0.39 is 6.04 Å². The van der Waals surface area contributed by atoms with Gasteiger partial charge in [-0.15, -0.1) is 0 Å². The fraction of sp³-hybridized carbons (Fsp3) is 0.533. The molecule has 1 amide bonds. The maximum atomic E-state index is 11.6. The minimum Gasteiger partial charge on any atom is -0.383 e. The van der Waals surface area contributed by atoms with E-state index in [1.165, 1.54) is 0 Å². The molecule has 1 atom stereocenters. The van der Waals surface area contributed by atoms with E-state index in [1.807, 2.05) is 23.1 Å². The van der Waals surface area contributed by atoms with Crippen molar-refractivity contribution in [1.29, 1.82) is 0 Å². The highest BCUT2D eigenvalue weighted by Crippen LogP contribution is 2.24. The Balaban J connectivity index is 2.11. The number of methoxy groups -OCH3 is 1. The van der Waals surface area contributed by atoms with Crippen molar-refractivity contribution in [3.8, 4) is 0 Å². The Morgan fingerprint density at radius 2 is 2.33 bits per heavy atom. The maximum absolute atomic E-state index is 11.6. The van der Waals surface area contributed by atoms with Crippen molar-refractivity contribution in [2.75, 3.05) is 44.9 Å². The minimum atomic E-state index is -0.404. The Bertz CT molecular complexity index is 467. The molecule has 0 aromatic heterocycles. The van der Waals surface area contributed by atoms with Gasteiger partial charge in [-0.1, -0.05) is 18.2 Å². The molecule has 1 unspecified atom stereocenters. The number of para-hydroxylation sites is 1. The third kappa shape index (κ3) is 4.17. The van der Waals surface area contributed by atoms with Crippen molar-refractivity contribution < 1.29 is 14.3 Å². The Kier molecular flexibility index (Phi) is 5.98. The summed E-state index contributed by atoms with van der Waals surface area (Å²) in [6.45, 7) is 3.80. The van der Waals surface area contributed by atoms with Crippen LogP contribution in [0.2, 0.25) is 0 Å². The number of rotatable bonds is 7. The van der Waals surface area contributed by atoms with E-state index in [-0.39, 0.29) is 5.91 Å². The standard InChI is InChI=1S/C15H23N3O3/c1-20-8-6-17-10-12-4-2-3-5-13(12)18-7-9-21-11-14(18)15(16)19/h2-5,14,17H,6-11H2,1H3,(H2,16,19). The van der Waals surface area contributed by atoms with E-state index in [0.29, 0.717) is 26.4 Å². The van der Waals surface area contributed by atoms with Gasteiger partial charge in [-0.25, -0.2) is 0 Å². The largest absolute Gasteiger partial charge is 0.383 e.